The number of hydrogen-bond donors (Lipinski definition) is 1. The van der Waals surface area contributed by atoms with Crippen molar-refractivity contribution in [2.75, 3.05) is 32.7 Å². The maximum absolute atomic E-state index is 13.1. The molecule has 5 nitrogen and oxygen atoms in total. The Morgan fingerprint density at radius 1 is 1.00 bits per heavy atom. The molecule has 3 rings (SSSR count). The van der Waals surface area contributed by atoms with Crippen LogP contribution in [-0.4, -0.2) is 60.4 Å². The Kier molecular flexibility index (Phi) is 5.10. The van der Waals surface area contributed by atoms with Gasteiger partial charge in [0, 0.05) is 37.8 Å². The Labute approximate surface area is 163 Å². The van der Waals surface area contributed by atoms with Gasteiger partial charge in [-0.05, 0) is 34.1 Å². The van der Waals surface area contributed by atoms with Crippen molar-refractivity contribution in [3.05, 3.63) is 34.9 Å². The minimum Gasteiger partial charge on any atom is -0.354 e. The lowest BCUT2D eigenvalue weighted by Gasteiger charge is -2.46. The van der Waals surface area contributed by atoms with E-state index in [9.17, 15) is 9.59 Å². The van der Waals surface area contributed by atoms with Crippen molar-refractivity contribution >= 4 is 11.8 Å². The van der Waals surface area contributed by atoms with Gasteiger partial charge in [0.05, 0.1) is 6.54 Å². The lowest BCUT2D eigenvalue weighted by atomic mass is 9.79. The van der Waals surface area contributed by atoms with Crippen LogP contribution in [0.5, 0.6) is 0 Å². The second kappa shape index (κ2) is 6.93. The van der Waals surface area contributed by atoms with Crippen molar-refractivity contribution in [3.8, 4) is 0 Å². The summed E-state index contributed by atoms with van der Waals surface area (Å²) in [6.07, 6.45) is 0. The van der Waals surface area contributed by atoms with Crippen LogP contribution < -0.4 is 5.32 Å². The van der Waals surface area contributed by atoms with Crippen molar-refractivity contribution in [1.82, 2.24) is 15.1 Å². The molecule has 0 atom stereocenters. The topological polar surface area (TPSA) is 52.7 Å². The largest absolute Gasteiger partial charge is 0.354 e. The second-order valence-corrected chi connectivity index (χ2v) is 9.98. The zero-order valence-corrected chi connectivity index (χ0v) is 17.6. The van der Waals surface area contributed by atoms with Gasteiger partial charge in [0.25, 0.3) is 5.91 Å². The molecule has 27 heavy (non-hydrogen) atoms. The Bertz CT molecular complexity index is 705. The molecule has 148 valence electrons. The quantitative estimate of drug-likeness (QED) is 0.869. The van der Waals surface area contributed by atoms with Crippen molar-refractivity contribution in [3.63, 3.8) is 0 Å². The Morgan fingerprint density at radius 2 is 1.56 bits per heavy atom. The van der Waals surface area contributed by atoms with Gasteiger partial charge in [-0.1, -0.05) is 47.6 Å². The van der Waals surface area contributed by atoms with Crippen LogP contribution in [0.4, 0.5) is 0 Å². The first-order valence-corrected chi connectivity index (χ1v) is 9.91. The summed E-state index contributed by atoms with van der Waals surface area (Å²) in [5, 5.41) is 2.85. The number of nitrogens with zero attached hydrogens (tertiary/aromatic N) is 2. The first-order chi connectivity index (χ1) is 12.4. The molecule has 5 heteroatoms. The fourth-order valence-corrected chi connectivity index (χ4v) is 3.62. The van der Waals surface area contributed by atoms with E-state index in [0.717, 1.165) is 12.1 Å². The van der Waals surface area contributed by atoms with Gasteiger partial charge < -0.3 is 10.2 Å². The molecule has 2 saturated heterocycles. The molecular formula is C22H33N3O2. The van der Waals surface area contributed by atoms with Crippen LogP contribution in [0.1, 0.15) is 63.0 Å². The molecule has 2 aliphatic heterocycles. The second-order valence-electron chi connectivity index (χ2n) is 9.98. The molecule has 1 aromatic carbocycles. The zero-order valence-electron chi connectivity index (χ0n) is 17.6. The summed E-state index contributed by atoms with van der Waals surface area (Å²) in [5.74, 6) is 0.183. The van der Waals surface area contributed by atoms with E-state index in [2.05, 4.69) is 70.0 Å². The fourth-order valence-electron chi connectivity index (χ4n) is 3.62. The molecule has 2 amide bonds. The van der Waals surface area contributed by atoms with E-state index in [0.29, 0.717) is 32.2 Å². The highest BCUT2D eigenvalue weighted by atomic mass is 16.2. The van der Waals surface area contributed by atoms with Gasteiger partial charge in [-0.3, -0.25) is 14.5 Å². The minimum atomic E-state index is -0.00503. The molecule has 0 aliphatic carbocycles. The summed E-state index contributed by atoms with van der Waals surface area (Å²) in [7, 11) is 0. The smallest absolute Gasteiger partial charge is 0.253 e. The highest BCUT2D eigenvalue weighted by Gasteiger charge is 2.37. The molecule has 0 saturated carbocycles. The van der Waals surface area contributed by atoms with Crippen molar-refractivity contribution < 1.29 is 9.59 Å². The molecule has 2 aliphatic rings. The van der Waals surface area contributed by atoms with Gasteiger partial charge >= 0.3 is 0 Å². The van der Waals surface area contributed by atoms with Crippen LogP contribution in [0.3, 0.4) is 0 Å². The van der Waals surface area contributed by atoms with Crippen LogP contribution in [0.2, 0.25) is 0 Å². The van der Waals surface area contributed by atoms with Gasteiger partial charge in [0.1, 0.15) is 0 Å². The third-order valence-corrected chi connectivity index (χ3v) is 5.65. The monoisotopic (exact) mass is 371 g/mol. The van der Waals surface area contributed by atoms with Crippen LogP contribution in [0.25, 0.3) is 0 Å². The summed E-state index contributed by atoms with van der Waals surface area (Å²) < 4.78 is 0. The number of nitrogens with one attached hydrogen (secondary N) is 1. The molecule has 0 radical (unpaired) electrons. The Balaban J connectivity index is 1.76. The summed E-state index contributed by atoms with van der Waals surface area (Å²) in [6.45, 7) is 16.5. The lowest BCUT2D eigenvalue weighted by Crippen LogP contribution is -2.64. The molecule has 0 aromatic heterocycles. The van der Waals surface area contributed by atoms with Gasteiger partial charge in [-0.2, -0.15) is 0 Å². The normalized spacial score (nSPS) is 19.6. The van der Waals surface area contributed by atoms with Gasteiger partial charge in [0.2, 0.25) is 5.91 Å². The highest BCUT2D eigenvalue weighted by molar-refractivity contribution is 5.95. The number of piperazine rings is 1. The highest BCUT2D eigenvalue weighted by Crippen LogP contribution is 2.31. The maximum atomic E-state index is 13.1. The summed E-state index contributed by atoms with van der Waals surface area (Å²) in [5.41, 5.74) is 3.16. The van der Waals surface area contributed by atoms with E-state index in [-0.39, 0.29) is 22.6 Å². The first kappa shape index (κ1) is 19.9. The van der Waals surface area contributed by atoms with Crippen LogP contribution >= 0.6 is 0 Å². The lowest BCUT2D eigenvalue weighted by molar-refractivity contribution is -0.126. The molecular weight excluding hydrogens is 338 g/mol. The number of amides is 2. The molecule has 1 N–H and O–H groups in total. The molecule has 2 heterocycles. The fraction of sp³-hybridized carbons (Fsp3) is 0.636. The number of carbonyl (C=O) groups excluding carboxylic acids is 2. The van der Waals surface area contributed by atoms with Crippen molar-refractivity contribution in [2.45, 2.75) is 58.4 Å². The number of rotatable bonds is 2. The van der Waals surface area contributed by atoms with E-state index in [1.807, 2.05) is 4.90 Å². The van der Waals surface area contributed by atoms with E-state index in [1.54, 1.807) is 0 Å². The van der Waals surface area contributed by atoms with Crippen LogP contribution in [0.15, 0.2) is 18.2 Å². The standard InChI is InChI=1S/C22H33N3O2/c1-21(2,3)16-9-15(10-17(11-16)22(4,5)6)20(27)25-12-18(13-25)24-8-7-23-19(26)14-24/h9-11,18H,7-8,12-14H2,1-6H3,(H,23,26). The SMILES string of the molecule is CC(C)(C)c1cc(C(=O)N2CC(N3CCNC(=O)C3)C2)cc(C(C)(C)C)c1. The summed E-state index contributed by atoms with van der Waals surface area (Å²) in [4.78, 5) is 28.8. The van der Waals surface area contributed by atoms with Gasteiger partial charge in [0.15, 0.2) is 0 Å². The molecule has 0 unspecified atom stereocenters. The summed E-state index contributed by atoms with van der Waals surface area (Å²) in [6, 6.07) is 6.65. The molecule has 1 aromatic rings. The predicted molar refractivity (Wildman–Crippen MR) is 108 cm³/mol. The zero-order chi connectivity index (χ0) is 20.0. The van der Waals surface area contributed by atoms with E-state index in [1.165, 1.54) is 11.1 Å². The minimum absolute atomic E-state index is 0.00503. The molecule has 2 fully saturated rings. The van der Waals surface area contributed by atoms with Crippen molar-refractivity contribution in [1.29, 1.82) is 0 Å². The third-order valence-electron chi connectivity index (χ3n) is 5.65. The van der Waals surface area contributed by atoms with E-state index < -0.39 is 0 Å². The van der Waals surface area contributed by atoms with Gasteiger partial charge in [-0.15, -0.1) is 0 Å². The molecule has 0 spiro atoms. The first-order valence-electron chi connectivity index (χ1n) is 9.91. The number of benzene rings is 1. The summed E-state index contributed by atoms with van der Waals surface area (Å²) >= 11 is 0. The van der Waals surface area contributed by atoms with Gasteiger partial charge in [-0.25, -0.2) is 0 Å². The average Bonchev–Trinajstić information content (AvgIpc) is 2.51. The molecule has 0 bridgehead atoms. The van der Waals surface area contributed by atoms with E-state index in [4.69, 9.17) is 0 Å². The average molecular weight is 372 g/mol. The number of likely N-dealkylation sites (tertiary alicyclic amines) is 1. The maximum Gasteiger partial charge on any atom is 0.253 e. The number of carbonyl (C=O) groups is 2. The van der Waals surface area contributed by atoms with Crippen LogP contribution in [-0.2, 0) is 15.6 Å². The third kappa shape index (κ3) is 4.34. The van der Waals surface area contributed by atoms with E-state index >= 15 is 0 Å². The van der Waals surface area contributed by atoms with Crippen molar-refractivity contribution in [2.24, 2.45) is 0 Å². The predicted octanol–water partition coefficient (Wildman–Crippen LogP) is 2.54. The number of hydrogen-bond acceptors (Lipinski definition) is 3. The Morgan fingerprint density at radius 3 is 2.04 bits per heavy atom. The van der Waals surface area contributed by atoms with Crippen LogP contribution in [0, 0.1) is 0 Å². The Hall–Kier alpha value is -1.88.